The number of nitro benzene ring substituents is 1. The van der Waals surface area contributed by atoms with Gasteiger partial charge in [0.05, 0.1) is 32.0 Å². The van der Waals surface area contributed by atoms with Gasteiger partial charge in [-0.2, -0.15) is 0 Å². The Hall–Kier alpha value is -3.25. The maximum atomic E-state index is 13.2. The lowest BCUT2D eigenvalue weighted by molar-refractivity contribution is -0.384. The van der Waals surface area contributed by atoms with Crippen LogP contribution in [0.15, 0.2) is 82.1 Å². The van der Waals surface area contributed by atoms with Crippen molar-refractivity contribution in [3.8, 4) is 11.3 Å². The zero-order valence-corrected chi connectivity index (χ0v) is 18.1. The highest BCUT2D eigenvalue weighted by Gasteiger charge is 2.22. The van der Waals surface area contributed by atoms with Crippen LogP contribution in [0.3, 0.4) is 0 Å². The number of aromatic nitrogens is 1. The van der Waals surface area contributed by atoms with Gasteiger partial charge in [0, 0.05) is 12.1 Å². The molecule has 3 aromatic carbocycles. The van der Waals surface area contributed by atoms with Crippen molar-refractivity contribution >= 4 is 32.5 Å². The number of aryl methyl sites for hydroxylation is 1. The summed E-state index contributed by atoms with van der Waals surface area (Å²) in [6.45, 7) is 4.07. The molecule has 4 rings (SSSR count). The first kappa shape index (κ1) is 20.0. The zero-order chi connectivity index (χ0) is 21.4. The first-order valence-electron chi connectivity index (χ1n) is 9.52. The molecule has 0 spiro atoms. The maximum Gasteiger partial charge on any atom is 0.270 e. The van der Waals surface area contributed by atoms with Crippen LogP contribution in [0, 0.1) is 17.0 Å². The molecule has 1 unspecified atom stereocenters. The summed E-state index contributed by atoms with van der Waals surface area (Å²) in [6.07, 6.45) is 0. The van der Waals surface area contributed by atoms with E-state index >= 15 is 0 Å². The lowest BCUT2D eigenvalue weighted by Crippen LogP contribution is -2.18. The minimum atomic E-state index is -0.481. The quantitative estimate of drug-likeness (QED) is 0.265. The Morgan fingerprint density at radius 1 is 1.00 bits per heavy atom. The van der Waals surface area contributed by atoms with Crippen molar-refractivity contribution in [2.24, 2.45) is 0 Å². The smallest absolute Gasteiger partial charge is 0.270 e. The molecule has 0 radical (unpaired) electrons. The van der Waals surface area contributed by atoms with Gasteiger partial charge in [0.25, 0.3) is 5.69 Å². The van der Waals surface area contributed by atoms with E-state index in [0.29, 0.717) is 15.4 Å². The number of hydrogen-bond acceptors (Lipinski definition) is 3. The molecule has 0 fully saturated rings. The van der Waals surface area contributed by atoms with E-state index in [2.05, 4.69) is 27.4 Å². The third kappa shape index (κ3) is 3.44. The second kappa shape index (κ2) is 7.88. The molecule has 30 heavy (non-hydrogen) atoms. The van der Waals surface area contributed by atoms with Crippen molar-refractivity contribution in [3.63, 3.8) is 0 Å². The average Bonchev–Trinajstić information content (AvgIpc) is 2.76. The minimum absolute atomic E-state index is 0.103. The predicted octanol–water partition coefficient (Wildman–Crippen LogP) is 6.26. The summed E-state index contributed by atoms with van der Waals surface area (Å²) in [4.78, 5) is 24.0. The molecule has 6 heteroatoms. The van der Waals surface area contributed by atoms with E-state index in [-0.39, 0.29) is 17.2 Å². The summed E-state index contributed by atoms with van der Waals surface area (Å²) in [5.41, 5.74) is 4.12. The summed E-state index contributed by atoms with van der Waals surface area (Å²) in [6, 6.07) is 22.3. The van der Waals surface area contributed by atoms with Crippen LogP contribution < -0.4 is 5.43 Å². The maximum absolute atomic E-state index is 13.2. The molecular formula is C24H19BrN2O3. The Morgan fingerprint density at radius 3 is 2.30 bits per heavy atom. The van der Waals surface area contributed by atoms with E-state index in [1.165, 1.54) is 12.1 Å². The van der Waals surface area contributed by atoms with Crippen LogP contribution in [0.1, 0.15) is 24.1 Å². The SMILES string of the molecule is Cc1ccc(-c2c(Br)c(=O)c3cc([N+](=O)[O-])ccc3n2C(C)c2ccccc2)cc1. The molecular weight excluding hydrogens is 444 g/mol. The van der Waals surface area contributed by atoms with E-state index in [4.69, 9.17) is 0 Å². The second-order valence-electron chi connectivity index (χ2n) is 7.27. The Labute approximate surface area is 181 Å². The molecule has 150 valence electrons. The highest BCUT2D eigenvalue weighted by atomic mass is 79.9. The van der Waals surface area contributed by atoms with Crippen LogP contribution >= 0.6 is 15.9 Å². The van der Waals surface area contributed by atoms with E-state index in [9.17, 15) is 14.9 Å². The molecule has 0 saturated carbocycles. The molecule has 0 aliphatic heterocycles. The number of nitrogens with zero attached hydrogens (tertiary/aromatic N) is 2. The molecule has 0 aliphatic rings. The van der Waals surface area contributed by atoms with Crippen LogP contribution in [-0.4, -0.2) is 9.49 Å². The van der Waals surface area contributed by atoms with Gasteiger partial charge >= 0.3 is 0 Å². The van der Waals surface area contributed by atoms with Crippen LogP contribution in [0.5, 0.6) is 0 Å². The van der Waals surface area contributed by atoms with Gasteiger partial charge in [-0.15, -0.1) is 0 Å². The van der Waals surface area contributed by atoms with Crippen LogP contribution in [0.2, 0.25) is 0 Å². The van der Waals surface area contributed by atoms with Gasteiger partial charge in [-0.1, -0.05) is 60.2 Å². The third-order valence-corrected chi connectivity index (χ3v) is 6.07. The molecule has 1 heterocycles. The molecule has 5 nitrogen and oxygen atoms in total. The Balaban J connectivity index is 2.12. The number of hydrogen-bond donors (Lipinski definition) is 0. The summed E-state index contributed by atoms with van der Waals surface area (Å²) in [7, 11) is 0. The Bertz CT molecular complexity index is 1310. The van der Waals surface area contributed by atoms with Crippen molar-refractivity contribution < 1.29 is 4.92 Å². The number of benzene rings is 3. The van der Waals surface area contributed by atoms with Gasteiger partial charge in [-0.05, 0) is 47.0 Å². The Kier molecular flexibility index (Phi) is 5.26. The summed E-state index contributed by atoms with van der Waals surface area (Å²) >= 11 is 3.51. The van der Waals surface area contributed by atoms with Crippen molar-refractivity contribution in [1.82, 2.24) is 4.57 Å². The predicted molar refractivity (Wildman–Crippen MR) is 123 cm³/mol. The average molecular weight is 463 g/mol. The lowest BCUT2D eigenvalue weighted by atomic mass is 10.0. The minimum Gasteiger partial charge on any atom is -0.332 e. The normalized spacial score (nSPS) is 12.1. The van der Waals surface area contributed by atoms with E-state index in [1.54, 1.807) is 6.07 Å². The van der Waals surface area contributed by atoms with Crippen LogP contribution in [-0.2, 0) is 0 Å². The largest absolute Gasteiger partial charge is 0.332 e. The fourth-order valence-electron chi connectivity index (χ4n) is 3.74. The van der Waals surface area contributed by atoms with Gasteiger partial charge < -0.3 is 4.57 Å². The first-order valence-corrected chi connectivity index (χ1v) is 10.3. The second-order valence-corrected chi connectivity index (χ2v) is 8.07. The van der Waals surface area contributed by atoms with Crippen LogP contribution in [0.25, 0.3) is 22.2 Å². The molecule has 0 saturated heterocycles. The molecule has 0 N–H and O–H groups in total. The van der Waals surface area contributed by atoms with Gasteiger partial charge in [-0.25, -0.2) is 0 Å². The molecule has 0 aliphatic carbocycles. The highest BCUT2D eigenvalue weighted by Crippen LogP contribution is 2.35. The van der Waals surface area contributed by atoms with E-state index in [1.807, 2.05) is 61.5 Å². The summed E-state index contributed by atoms with van der Waals surface area (Å²) in [5, 5.41) is 11.6. The number of non-ortho nitro benzene ring substituents is 1. The topological polar surface area (TPSA) is 65.1 Å². The fraction of sp³-hybridized carbons (Fsp3) is 0.125. The van der Waals surface area contributed by atoms with E-state index < -0.39 is 4.92 Å². The first-order chi connectivity index (χ1) is 14.4. The molecule has 0 amide bonds. The number of rotatable bonds is 4. The van der Waals surface area contributed by atoms with Crippen molar-refractivity contribution in [2.45, 2.75) is 19.9 Å². The zero-order valence-electron chi connectivity index (χ0n) is 16.5. The molecule has 1 atom stereocenters. The number of halogens is 1. The molecule has 0 bridgehead atoms. The lowest BCUT2D eigenvalue weighted by Gasteiger charge is -2.25. The van der Waals surface area contributed by atoms with E-state index in [0.717, 1.165) is 22.4 Å². The van der Waals surface area contributed by atoms with Gasteiger partial charge in [0.1, 0.15) is 0 Å². The van der Waals surface area contributed by atoms with Crippen molar-refractivity contribution in [2.75, 3.05) is 0 Å². The summed E-state index contributed by atoms with van der Waals surface area (Å²) < 4.78 is 2.46. The number of fused-ring (bicyclic) bond motifs is 1. The highest BCUT2D eigenvalue weighted by molar-refractivity contribution is 9.10. The van der Waals surface area contributed by atoms with Crippen molar-refractivity contribution in [3.05, 3.63) is 109 Å². The van der Waals surface area contributed by atoms with Gasteiger partial charge in [0.2, 0.25) is 5.43 Å². The number of nitro groups is 1. The van der Waals surface area contributed by atoms with Crippen molar-refractivity contribution in [1.29, 1.82) is 0 Å². The fourth-order valence-corrected chi connectivity index (χ4v) is 4.38. The molecule has 4 aromatic rings. The number of pyridine rings is 1. The third-order valence-electron chi connectivity index (χ3n) is 5.34. The molecule has 1 aromatic heterocycles. The van der Waals surface area contributed by atoms with Gasteiger partial charge in [-0.3, -0.25) is 14.9 Å². The standard InChI is InChI=1S/C24H19BrN2O3/c1-15-8-10-18(11-9-15)23-22(25)24(28)20-14-19(27(29)30)12-13-21(20)26(23)16(2)17-6-4-3-5-7-17/h3-14,16H,1-2H3. The van der Waals surface area contributed by atoms with Crippen LogP contribution in [0.4, 0.5) is 5.69 Å². The van der Waals surface area contributed by atoms with Gasteiger partial charge in [0.15, 0.2) is 0 Å². The monoisotopic (exact) mass is 462 g/mol. The Morgan fingerprint density at radius 2 is 1.67 bits per heavy atom. The summed E-state index contributed by atoms with van der Waals surface area (Å²) in [5.74, 6) is 0.